The van der Waals surface area contributed by atoms with Gasteiger partial charge in [0.25, 0.3) is 0 Å². The molecule has 0 aliphatic carbocycles. The van der Waals surface area contributed by atoms with Gasteiger partial charge >= 0.3 is 0 Å². The molecule has 0 aliphatic rings. The first kappa shape index (κ1) is 11.2. The molecule has 1 unspecified atom stereocenters. The minimum absolute atomic E-state index is 0.470. The molecular weight excluding hydrogens is 198 g/mol. The molecule has 1 aromatic rings. The predicted molar refractivity (Wildman–Crippen MR) is 57.3 cm³/mol. The molecule has 78 valence electrons. The van der Waals surface area contributed by atoms with Crippen molar-refractivity contribution in [1.82, 2.24) is 0 Å². The normalized spacial score (nSPS) is 13.9. The topological polar surface area (TPSA) is 60.2 Å². The molecule has 0 amide bonds. The van der Waals surface area contributed by atoms with Crippen molar-refractivity contribution in [3.8, 4) is 0 Å². The third-order valence-electron chi connectivity index (χ3n) is 2.24. The van der Waals surface area contributed by atoms with Crippen molar-refractivity contribution >= 4 is 10.0 Å². The van der Waals surface area contributed by atoms with Crippen LogP contribution in [-0.4, -0.2) is 13.7 Å². The summed E-state index contributed by atoms with van der Waals surface area (Å²) in [5.41, 5.74) is 1.14. The van der Waals surface area contributed by atoms with Crippen LogP contribution in [0.15, 0.2) is 30.3 Å². The molecule has 1 atom stereocenters. The molecule has 2 N–H and O–H groups in total. The van der Waals surface area contributed by atoms with Gasteiger partial charge in [-0.25, -0.2) is 13.6 Å². The fourth-order valence-corrected chi connectivity index (χ4v) is 1.63. The third kappa shape index (κ3) is 3.47. The molecule has 3 nitrogen and oxygen atoms in total. The zero-order valence-corrected chi connectivity index (χ0v) is 9.00. The van der Waals surface area contributed by atoms with E-state index in [1.54, 1.807) is 6.92 Å². The maximum atomic E-state index is 10.9. The molecule has 1 rings (SSSR count). The van der Waals surface area contributed by atoms with Gasteiger partial charge in [-0.15, -0.1) is 0 Å². The first-order valence-corrected chi connectivity index (χ1v) is 6.16. The summed E-state index contributed by atoms with van der Waals surface area (Å²) >= 11 is 0. The van der Waals surface area contributed by atoms with Gasteiger partial charge in [0.1, 0.15) is 0 Å². The first-order valence-electron chi connectivity index (χ1n) is 4.55. The highest BCUT2D eigenvalue weighted by molar-refractivity contribution is 7.89. The molecule has 0 aromatic heterocycles. The summed E-state index contributed by atoms with van der Waals surface area (Å²) in [5, 5.41) is 4.55. The minimum atomic E-state index is -3.37. The van der Waals surface area contributed by atoms with Crippen molar-refractivity contribution < 1.29 is 8.42 Å². The van der Waals surface area contributed by atoms with Crippen LogP contribution in [0.25, 0.3) is 0 Å². The summed E-state index contributed by atoms with van der Waals surface area (Å²) in [4.78, 5) is 0. The molecular formula is C10H15NO2S. The van der Waals surface area contributed by atoms with E-state index in [0.29, 0.717) is 6.42 Å². The highest BCUT2D eigenvalue weighted by Gasteiger charge is 2.14. The Hall–Kier alpha value is -0.870. The van der Waals surface area contributed by atoms with Gasteiger partial charge in [0, 0.05) is 0 Å². The van der Waals surface area contributed by atoms with Gasteiger partial charge in [0.05, 0.1) is 5.25 Å². The highest BCUT2D eigenvalue weighted by atomic mass is 32.2. The predicted octanol–water partition coefficient (Wildman–Crippen LogP) is 1.30. The van der Waals surface area contributed by atoms with Crippen LogP contribution in [0, 0.1) is 0 Å². The van der Waals surface area contributed by atoms with E-state index in [2.05, 4.69) is 0 Å². The number of primary sulfonamides is 1. The summed E-state index contributed by atoms with van der Waals surface area (Å²) in [7, 11) is -3.37. The molecule has 0 saturated heterocycles. The monoisotopic (exact) mass is 213 g/mol. The van der Waals surface area contributed by atoms with Gasteiger partial charge in [-0.1, -0.05) is 30.3 Å². The largest absolute Gasteiger partial charge is 0.228 e. The number of hydrogen-bond acceptors (Lipinski definition) is 2. The lowest BCUT2D eigenvalue weighted by molar-refractivity contribution is 0.579. The molecule has 1 aromatic carbocycles. The van der Waals surface area contributed by atoms with E-state index >= 15 is 0 Å². The molecule has 14 heavy (non-hydrogen) atoms. The van der Waals surface area contributed by atoms with Gasteiger partial charge in [-0.2, -0.15) is 0 Å². The van der Waals surface area contributed by atoms with Crippen molar-refractivity contribution in [2.24, 2.45) is 5.14 Å². The lowest BCUT2D eigenvalue weighted by atomic mass is 10.1. The zero-order valence-electron chi connectivity index (χ0n) is 8.18. The van der Waals surface area contributed by atoms with E-state index < -0.39 is 15.3 Å². The summed E-state index contributed by atoms with van der Waals surface area (Å²) in [5.74, 6) is 0. The Bertz CT molecular complexity index is 372. The number of nitrogens with two attached hydrogens (primary N) is 1. The van der Waals surface area contributed by atoms with Gasteiger partial charge < -0.3 is 0 Å². The summed E-state index contributed by atoms with van der Waals surface area (Å²) in [6, 6.07) is 9.78. The minimum Gasteiger partial charge on any atom is -0.228 e. The number of aryl methyl sites for hydroxylation is 1. The Morgan fingerprint density at radius 1 is 1.29 bits per heavy atom. The van der Waals surface area contributed by atoms with E-state index in [-0.39, 0.29) is 0 Å². The molecule has 0 aliphatic heterocycles. The van der Waals surface area contributed by atoms with E-state index in [4.69, 9.17) is 5.14 Å². The second-order valence-corrected chi connectivity index (χ2v) is 5.41. The van der Waals surface area contributed by atoms with Gasteiger partial charge in [-0.3, -0.25) is 0 Å². The highest BCUT2D eigenvalue weighted by Crippen LogP contribution is 2.08. The van der Waals surface area contributed by atoms with Crippen LogP contribution >= 0.6 is 0 Å². The van der Waals surface area contributed by atoms with Crippen LogP contribution in [0.1, 0.15) is 18.9 Å². The van der Waals surface area contributed by atoms with Crippen LogP contribution in [0.2, 0.25) is 0 Å². The lowest BCUT2D eigenvalue weighted by Gasteiger charge is -2.08. The average Bonchev–Trinajstić information content (AvgIpc) is 2.14. The Balaban J connectivity index is 2.50. The zero-order chi connectivity index (χ0) is 10.6. The number of rotatable bonds is 4. The first-order chi connectivity index (χ1) is 6.50. The Labute approximate surface area is 85.0 Å². The van der Waals surface area contributed by atoms with E-state index in [1.807, 2.05) is 30.3 Å². The maximum Gasteiger partial charge on any atom is 0.211 e. The second-order valence-electron chi connectivity index (χ2n) is 3.42. The fourth-order valence-electron chi connectivity index (χ4n) is 1.18. The Morgan fingerprint density at radius 2 is 1.86 bits per heavy atom. The number of hydrogen-bond donors (Lipinski definition) is 1. The van der Waals surface area contributed by atoms with Crippen LogP contribution in [0.3, 0.4) is 0 Å². The van der Waals surface area contributed by atoms with Crippen molar-refractivity contribution in [2.75, 3.05) is 0 Å². The number of benzene rings is 1. The fraction of sp³-hybridized carbons (Fsp3) is 0.400. The van der Waals surface area contributed by atoms with E-state index in [0.717, 1.165) is 12.0 Å². The summed E-state index contributed by atoms with van der Waals surface area (Å²) in [6.45, 7) is 1.64. The second kappa shape index (κ2) is 4.57. The molecule has 0 fully saturated rings. The third-order valence-corrected chi connectivity index (χ3v) is 3.60. The van der Waals surface area contributed by atoms with E-state index in [9.17, 15) is 8.42 Å². The van der Waals surface area contributed by atoms with Crippen molar-refractivity contribution in [3.63, 3.8) is 0 Å². The SMILES string of the molecule is CC(CCc1ccccc1)S(N)(=O)=O. The van der Waals surface area contributed by atoms with Crippen molar-refractivity contribution in [1.29, 1.82) is 0 Å². The van der Waals surface area contributed by atoms with Crippen LogP contribution in [0.4, 0.5) is 0 Å². The van der Waals surface area contributed by atoms with Crippen LogP contribution in [-0.2, 0) is 16.4 Å². The standard InChI is InChI=1S/C10H15NO2S/c1-9(14(11,12)13)7-8-10-5-3-2-4-6-10/h2-6,9H,7-8H2,1H3,(H2,11,12,13). The number of sulfonamides is 1. The molecule has 0 radical (unpaired) electrons. The van der Waals surface area contributed by atoms with Crippen LogP contribution in [0.5, 0.6) is 0 Å². The van der Waals surface area contributed by atoms with Gasteiger partial charge in [0.15, 0.2) is 0 Å². The van der Waals surface area contributed by atoms with Gasteiger partial charge in [-0.05, 0) is 25.3 Å². The smallest absolute Gasteiger partial charge is 0.211 e. The summed E-state index contributed by atoms with van der Waals surface area (Å²) in [6.07, 6.45) is 1.32. The van der Waals surface area contributed by atoms with Crippen molar-refractivity contribution in [2.45, 2.75) is 25.0 Å². The molecule has 0 saturated carbocycles. The Morgan fingerprint density at radius 3 is 2.36 bits per heavy atom. The summed E-state index contributed by atoms with van der Waals surface area (Å²) < 4.78 is 21.9. The lowest BCUT2D eigenvalue weighted by Crippen LogP contribution is -2.26. The van der Waals surface area contributed by atoms with E-state index in [1.165, 1.54) is 0 Å². The molecule has 0 heterocycles. The maximum absolute atomic E-state index is 10.9. The average molecular weight is 213 g/mol. The molecule has 4 heteroatoms. The van der Waals surface area contributed by atoms with Crippen molar-refractivity contribution in [3.05, 3.63) is 35.9 Å². The van der Waals surface area contributed by atoms with Gasteiger partial charge in [0.2, 0.25) is 10.0 Å². The molecule has 0 bridgehead atoms. The quantitative estimate of drug-likeness (QED) is 0.819. The Kier molecular flexibility index (Phi) is 3.66. The molecule has 0 spiro atoms. The van der Waals surface area contributed by atoms with Crippen LogP contribution < -0.4 is 5.14 Å².